The Morgan fingerprint density at radius 2 is 2.11 bits per heavy atom. The minimum absolute atomic E-state index is 0.206. The van der Waals surface area contributed by atoms with E-state index in [1.54, 1.807) is 4.90 Å². The van der Waals surface area contributed by atoms with Gasteiger partial charge in [0.15, 0.2) is 0 Å². The highest BCUT2D eigenvalue weighted by Crippen LogP contribution is 2.36. The molecule has 18 heavy (non-hydrogen) atoms. The average molecular weight is 243 g/mol. The lowest BCUT2D eigenvalue weighted by Crippen LogP contribution is -2.41. The smallest absolute Gasteiger partial charge is 0.293 e. The van der Waals surface area contributed by atoms with Crippen LogP contribution in [0.5, 0.6) is 0 Å². The van der Waals surface area contributed by atoms with Crippen LogP contribution in [0.2, 0.25) is 0 Å². The fraction of sp³-hybridized carbons (Fsp3) is 0.308. The molecule has 0 saturated heterocycles. The first-order valence-electron chi connectivity index (χ1n) is 5.97. The van der Waals surface area contributed by atoms with Crippen LogP contribution in [-0.2, 0) is 0 Å². The molecule has 0 saturated carbocycles. The highest BCUT2D eigenvalue weighted by atomic mass is 16.6. The Morgan fingerprint density at radius 1 is 1.33 bits per heavy atom. The summed E-state index contributed by atoms with van der Waals surface area (Å²) in [6.07, 6.45) is 3.77. The molecule has 2 aliphatic rings. The first-order valence-corrected chi connectivity index (χ1v) is 5.97. The molecule has 2 atom stereocenters. The zero-order valence-electron chi connectivity index (χ0n) is 9.77. The molecule has 0 amide bonds. The Bertz CT molecular complexity index is 524. The Labute approximate surface area is 105 Å². The standard InChI is InChI=1S/C13H13N3O2/c17-16(18)13-11(10-5-2-1-3-6-10)9-12-14-7-4-8-15(12)13/h1-3,5-7,9,11,13H,4,8H2. The molecule has 2 unspecified atom stereocenters. The highest BCUT2D eigenvalue weighted by Gasteiger charge is 2.44. The Balaban J connectivity index is 2.01. The van der Waals surface area contributed by atoms with Crippen molar-refractivity contribution in [3.05, 3.63) is 57.9 Å². The van der Waals surface area contributed by atoms with Crippen molar-refractivity contribution in [3.63, 3.8) is 0 Å². The Hall–Kier alpha value is -2.17. The Morgan fingerprint density at radius 3 is 2.83 bits per heavy atom. The number of hydrogen-bond donors (Lipinski definition) is 0. The maximum atomic E-state index is 11.3. The molecule has 1 aromatic carbocycles. The van der Waals surface area contributed by atoms with E-state index < -0.39 is 6.17 Å². The summed E-state index contributed by atoms with van der Waals surface area (Å²) in [6.45, 7) is 0.671. The van der Waals surface area contributed by atoms with Crippen molar-refractivity contribution < 1.29 is 4.92 Å². The maximum absolute atomic E-state index is 11.3. The molecule has 92 valence electrons. The second kappa shape index (κ2) is 4.25. The summed E-state index contributed by atoms with van der Waals surface area (Å²) >= 11 is 0. The van der Waals surface area contributed by atoms with Gasteiger partial charge in [-0.2, -0.15) is 0 Å². The van der Waals surface area contributed by atoms with Crippen LogP contribution in [-0.4, -0.2) is 28.7 Å². The summed E-state index contributed by atoms with van der Waals surface area (Å²) in [5.41, 5.74) is 0.969. The lowest BCUT2D eigenvalue weighted by molar-refractivity contribution is -0.548. The number of nitro groups is 1. The molecule has 0 aliphatic carbocycles. The largest absolute Gasteiger partial charge is 0.298 e. The third-order valence-corrected chi connectivity index (χ3v) is 3.39. The van der Waals surface area contributed by atoms with Crippen molar-refractivity contribution in [1.29, 1.82) is 0 Å². The predicted molar refractivity (Wildman–Crippen MR) is 67.9 cm³/mol. The lowest BCUT2D eigenvalue weighted by atomic mass is 9.98. The molecule has 1 aromatic rings. The number of aliphatic imine (C=N–C) groups is 1. The van der Waals surface area contributed by atoms with Gasteiger partial charge in [-0.3, -0.25) is 15.0 Å². The van der Waals surface area contributed by atoms with E-state index in [2.05, 4.69) is 4.99 Å². The first kappa shape index (κ1) is 11.0. The molecule has 2 heterocycles. The summed E-state index contributed by atoms with van der Waals surface area (Å²) < 4.78 is 0. The van der Waals surface area contributed by atoms with Gasteiger partial charge in [0.1, 0.15) is 5.82 Å². The van der Waals surface area contributed by atoms with Crippen LogP contribution in [0.15, 0.2) is 47.2 Å². The summed E-state index contributed by atoms with van der Waals surface area (Å²) in [6, 6.07) is 9.59. The van der Waals surface area contributed by atoms with E-state index >= 15 is 0 Å². The van der Waals surface area contributed by atoms with Gasteiger partial charge in [0.25, 0.3) is 6.17 Å². The number of nitrogens with zero attached hydrogens (tertiary/aromatic N) is 3. The molecule has 0 aromatic heterocycles. The van der Waals surface area contributed by atoms with E-state index in [4.69, 9.17) is 0 Å². The predicted octanol–water partition coefficient (Wildman–Crippen LogP) is 2.00. The topological polar surface area (TPSA) is 58.7 Å². The van der Waals surface area contributed by atoms with Gasteiger partial charge in [-0.05, 0) is 11.6 Å². The van der Waals surface area contributed by atoms with Crippen molar-refractivity contribution in [1.82, 2.24) is 4.90 Å². The van der Waals surface area contributed by atoms with E-state index in [0.717, 1.165) is 17.8 Å². The van der Waals surface area contributed by atoms with E-state index in [1.807, 2.05) is 42.6 Å². The number of benzene rings is 1. The number of fused-ring (bicyclic) bond motifs is 1. The van der Waals surface area contributed by atoms with Gasteiger partial charge in [0.2, 0.25) is 0 Å². The van der Waals surface area contributed by atoms with Crippen LogP contribution in [0, 0.1) is 10.1 Å². The van der Waals surface area contributed by atoms with Gasteiger partial charge in [-0.25, -0.2) is 4.99 Å². The molecule has 5 nitrogen and oxygen atoms in total. The first-order chi connectivity index (χ1) is 8.77. The highest BCUT2D eigenvalue weighted by molar-refractivity contribution is 5.61. The molecule has 5 heteroatoms. The van der Waals surface area contributed by atoms with E-state index in [-0.39, 0.29) is 10.8 Å². The third-order valence-electron chi connectivity index (χ3n) is 3.39. The molecular formula is C13H13N3O2. The summed E-state index contributed by atoms with van der Waals surface area (Å²) in [5.74, 6) is 0.517. The van der Waals surface area contributed by atoms with Gasteiger partial charge in [0.05, 0.1) is 5.92 Å². The van der Waals surface area contributed by atoms with Gasteiger partial charge in [-0.15, -0.1) is 0 Å². The van der Waals surface area contributed by atoms with Gasteiger partial charge in [-0.1, -0.05) is 30.3 Å². The molecule has 0 radical (unpaired) electrons. The van der Waals surface area contributed by atoms with E-state index in [0.29, 0.717) is 6.54 Å². The third kappa shape index (κ3) is 1.68. The second-order valence-electron chi connectivity index (χ2n) is 4.45. The fourth-order valence-electron chi connectivity index (χ4n) is 2.58. The molecule has 2 aliphatic heterocycles. The van der Waals surface area contributed by atoms with Crippen molar-refractivity contribution in [2.24, 2.45) is 4.99 Å². The quantitative estimate of drug-likeness (QED) is 0.589. The van der Waals surface area contributed by atoms with Gasteiger partial charge >= 0.3 is 0 Å². The monoisotopic (exact) mass is 243 g/mol. The minimum atomic E-state index is -0.722. The van der Waals surface area contributed by atoms with Crippen molar-refractivity contribution in [3.8, 4) is 0 Å². The van der Waals surface area contributed by atoms with Crippen LogP contribution >= 0.6 is 0 Å². The number of hydrogen-bond acceptors (Lipinski definition) is 4. The second-order valence-corrected chi connectivity index (χ2v) is 4.45. The number of rotatable bonds is 2. The molecule has 0 fully saturated rings. The SMILES string of the molecule is O=[N+]([O-])C1C(c2ccccc2)C=C2N=CCCN21. The Kier molecular flexibility index (Phi) is 2.59. The normalized spacial score (nSPS) is 25.8. The molecule has 3 rings (SSSR count). The summed E-state index contributed by atoms with van der Waals surface area (Å²) in [5, 5.41) is 11.3. The molecule has 0 N–H and O–H groups in total. The van der Waals surface area contributed by atoms with Crippen LogP contribution < -0.4 is 0 Å². The summed E-state index contributed by atoms with van der Waals surface area (Å²) in [4.78, 5) is 17.2. The van der Waals surface area contributed by atoms with Crippen molar-refractivity contribution >= 4 is 6.21 Å². The average Bonchev–Trinajstić information content (AvgIpc) is 2.79. The van der Waals surface area contributed by atoms with Gasteiger partial charge in [0, 0.05) is 24.1 Å². The molecule has 0 bridgehead atoms. The van der Waals surface area contributed by atoms with E-state index in [1.165, 1.54) is 0 Å². The molecular weight excluding hydrogens is 230 g/mol. The minimum Gasteiger partial charge on any atom is -0.293 e. The van der Waals surface area contributed by atoms with Crippen LogP contribution in [0.4, 0.5) is 0 Å². The van der Waals surface area contributed by atoms with Gasteiger partial charge < -0.3 is 0 Å². The fourth-order valence-corrected chi connectivity index (χ4v) is 2.58. The zero-order valence-corrected chi connectivity index (χ0v) is 9.77. The van der Waals surface area contributed by atoms with Crippen molar-refractivity contribution in [2.75, 3.05) is 6.54 Å². The lowest BCUT2D eigenvalue weighted by Gasteiger charge is -2.26. The summed E-state index contributed by atoms with van der Waals surface area (Å²) in [7, 11) is 0. The van der Waals surface area contributed by atoms with Crippen LogP contribution in [0.1, 0.15) is 17.9 Å². The van der Waals surface area contributed by atoms with E-state index in [9.17, 15) is 10.1 Å². The van der Waals surface area contributed by atoms with Crippen LogP contribution in [0.3, 0.4) is 0 Å². The molecule has 0 spiro atoms. The van der Waals surface area contributed by atoms with Crippen molar-refractivity contribution in [2.45, 2.75) is 18.5 Å². The zero-order chi connectivity index (χ0) is 12.5. The van der Waals surface area contributed by atoms with Crippen LogP contribution in [0.25, 0.3) is 0 Å². The maximum Gasteiger partial charge on any atom is 0.298 e.